The zero-order valence-electron chi connectivity index (χ0n) is 9.00. The SMILES string of the molecule is CC(C)c1c[n+]([O-])c(C(C)C)c(=O)[nH]1. The summed E-state index contributed by atoms with van der Waals surface area (Å²) in [6, 6.07) is 0. The van der Waals surface area contributed by atoms with Gasteiger partial charge in [-0.1, -0.05) is 27.7 Å². The first-order valence-electron chi connectivity index (χ1n) is 4.79. The molecule has 0 radical (unpaired) electrons. The monoisotopic (exact) mass is 196 g/mol. The molecule has 1 heterocycles. The molecular weight excluding hydrogens is 180 g/mol. The Morgan fingerprint density at radius 1 is 1.29 bits per heavy atom. The van der Waals surface area contributed by atoms with E-state index in [9.17, 15) is 10.0 Å². The van der Waals surface area contributed by atoms with Gasteiger partial charge in [0, 0.05) is 5.92 Å². The predicted molar refractivity (Wildman–Crippen MR) is 54.2 cm³/mol. The molecule has 0 aliphatic carbocycles. The molecule has 0 atom stereocenters. The smallest absolute Gasteiger partial charge is 0.317 e. The third-order valence-corrected chi connectivity index (χ3v) is 2.15. The molecule has 0 aliphatic heterocycles. The van der Waals surface area contributed by atoms with Gasteiger partial charge in [0.15, 0.2) is 6.20 Å². The van der Waals surface area contributed by atoms with Crippen LogP contribution in [0.3, 0.4) is 0 Å². The molecule has 4 heteroatoms. The molecule has 4 nitrogen and oxygen atoms in total. The summed E-state index contributed by atoms with van der Waals surface area (Å²) in [5, 5.41) is 11.5. The number of nitrogens with one attached hydrogen (secondary N) is 1. The molecule has 0 amide bonds. The van der Waals surface area contributed by atoms with Gasteiger partial charge >= 0.3 is 5.56 Å². The lowest BCUT2D eigenvalue weighted by atomic mass is 10.1. The van der Waals surface area contributed by atoms with Gasteiger partial charge in [-0.05, 0) is 5.92 Å². The van der Waals surface area contributed by atoms with Gasteiger partial charge in [0.25, 0.3) is 5.69 Å². The van der Waals surface area contributed by atoms with Crippen molar-refractivity contribution in [2.75, 3.05) is 0 Å². The van der Waals surface area contributed by atoms with Crippen LogP contribution in [0, 0.1) is 5.21 Å². The zero-order valence-corrected chi connectivity index (χ0v) is 9.00. The lowest BCUT2D eigenvalue weighted by Gasteiger charge is -2.09. The molecule has 0 unspecified atom stereocenters. The van der Waals surface area contributed by atoms with Crippen molar-refractivity contribution in [1.29, 1.82) is 0 Å². The van der Waals surface area contributed by atoms with Crippen LogP contribution in [0.2, 0.25) is 0 Å². The van der Waals surface area contributed by atoms with Crippen molar-refractivity contribution in [2.24, 2.45) is 0 Å². The van der Waals surface area contributed by atoms with E-state index in [-0.39, 0.29) is 23.1 Å². The topological polar surface area (TPSA) is 59.8 Å². The highest BCUT2D eigenvalue weighted by molar-refractivity contribution is 5.03. The van der Waals surface area contributed by atoms with Crippen molar-refractivity contribution in [3.63, 3.8) is 0 Å². The lowest BCUT2D eigenvalue weighted by molar-refractivity contribution is -0.617. The molecule has 0 fully saturated rings. The molecule has 78 valence electrons. The number of nitrogens with zero attached hydrogens (tertiary/aromatic N) is 1. The van der Waals surface area contributed by atoms with Gasteiger partial charge in [-0.3, -0.25) is 4.79 Å². The van der Waals surface area contributed by atoms with Crippen LogP contribution in [0.1, 0.15) is 50.9 Å². The highest BCUT2D eigenvalue weighted by Crippen LogP contribution is 2.09. The quantitative estimate of drug-likeness (QED) is 0.571. The summed E-state index contributed by atoms with van der Waals surface area (Å²) >= 11 is 0. The standard InChI is InChI=1S/C10H16N2O2/c1-6(2)8-5-12(14)9(7(3)4)10(13)11-8/h5-7H,1-4H3,(H,11,13). The Balaban J connectivity index is 3.33. The van der Waals surface area contributed by atoms with Crippen LogP contribution in [0.4, 0.5) is 0 Å². The Bertz CT molecular complexity index is 380. The van der Waals surface area contributed by atoms with Crippen molar-refractivity contribution < 1.29 is 4.73 Å². The second-order valence-corrected chi connectivity index (χ2v) is 4.06. The number of H-pyrrole nitrogens is 1. The predicted octanol–water partition coefficient (Wildman–Crippen LogP) is 1.26. The highest BCUT2D eigenvalue weighted by Gasteiger charge is 2.17. The van der Waals surface area contributed by atoms with E-state index in [0.29, 0.717) is 10.4 Å². The van der Waals surface area contributed by atoms with Crippen LogP contribution in [-0.4, -0.2) is 4.98 Å². The summed E-state index contributed by atoms with van der Waals surface area (Å²) in [4.78, 5) is 14.3. The first-order chi connectivity index (χ1) is 6.43. The third kappa shape index (κ3) is 1.95. The van der Waals surface area contributed by atoms with Gasteiger partial charge < -0.3 is 10.2 Å². The molecule has 1 rings (SSSR count). The van der Waals surface area contributed by atoms with Crippen LogP contribution < -0.4 is 10.3 Å². The first-order valence-corrected chi connectivity index (χ1v) is 4.79. The van der Waals surface area contributed by atoms with Crippen LogP contribution in [-0.2, 0) is 0 Å². The minimum absolute atomic E-state index is 0.0579. The van der Waals surface area contributed by atoms with Crippen molar-refractivity contribution in [1.82, 2.24) is 4.98 Å². The van der Waals surface area contributed by atoms with Gasteiger partial charge in [0.05, 0.1) is 5.69 Å². The van der Waals surface area contributed by atoms with Gasteiger partial charge in [0.1, 0.15) is 0 Å². The summed E-state index contributed by atoms with van der Waals surface area (Å²) in [7, 11) is 0. The second-order valence-electron chi connectivity index (χ2n) is 4.06. The van der Waals surface area contributed by atoms with E-state index in [2.05, 4.69) is 4.98 Å². The fraction of sp³-hybridized carbons (Fsp3) is 0.600. The van der Waals surface area contributed by atoms with Crippen LogP contribution in [0.5, 0.6) is 0 Å². The molecule has 1 N–H and O–H groups in total. The van der Waals surface area contributed by atoms with E-state index < -0.39 is 0 Å². The van der Waals surface area contributed by atoms with E-state index in [1.165, 1.54) is 6.20 Å². The number of aromatic amines is 1. The van der Waals surface area contributed by atoms with Gasteiger partial charge in [-0.2, -0.15) is 4.73 Å². The minimum Gasteiger partial charge on any atom is -0.618 e. The second kappa shape index (κ2) is 3.82. The third-order valence-electron chi connectivity index (χ3n) is 2.15. The Hall–Kier alpha value is -1.32. The number of hydrogen-bond donors (Lipinski definition) is 1. The number of hydrogen-bond acceptors (Lipinski definition) is 2. The Labute approximate surface area is 83.2 Å². The molecule has 0 spiro atoms. The largest absolute Gasteiger partial charge is 0.618 e. The molecule has 1 aromatic rings. The van der Waals surface area contributed by atoms with E-state index in [0.717, 1.165) is 0 Å². The molecular formula is C10H16N2O2. The highest BCUT2D eigenvalue weighted by atomic mass is 16.5. The maximum atomic E-state index is 11.5. The molecule has 0 saturated carbocycles. The summed E-state index contributed by atoms with van der Waals surface area (Å²) in [5.41, 5.74) is 0.671. The summed E-state index contributed by atoms with van der Waals surface area (Å²) in [6.45, 7) is 7.52. The molecule has 0 saturated heterocycles. The Morgan fingerprint density at radius 2 is 1.86 bits per heavy atom. The molecule has 14 heavy (non-hydrogen) atoms. The van der Waals surface area contributed by atoms with E-state index >= 15 is 0 Å². The van der Waals surface area contributed by atoms with Gasteiger partial charge in [-0.15, -0.1) is 0 Å². The fourth-order valence-electron chi connectivity index (χ4n) is 1.33. The average Bonchev–Trinajstić information content (AvgIpc) is 2.01. The minimum atomic E-state index is -0.277. The normalized spacial score (nSPS) is 11.3. The number of rotatable bonds is 2. The van der Waals surface area contributed by atoms with Crippen LogP contribution >= 0.6 is 0 Å². The zero-order chi connectivity index (χ0) is 10.9. The molecule has 0 bridgehead atoms. The first kappa shape index (κ1) is 10.8. The van der Waals surface area contributed by atoms with Gasteiger partial charge in [-0.25, -0.2) is 0 Å². The van der Waals surface area contributed by atoms with Crippen molar-refractivity contribution in [3.05, 3.63) is 33.1 Å². The lowest BCUT2D eigenvalue weighted by Crippen LogP contribution is -2.41. The molecule has 1 aromatic heterocycles. The van der Waals surface area contributed by atoms with E-state index in [1.54, 1.807) is 0 Å². The van der Waals surface area contributed by atoms with Crippen molar-refractivity contribution in [3.8, 4) is 0 Å². The Kier molecular flexibility index (Phi) is 2.93. The van der Waals surface area contributed by atoms with E-state index in [1.807, 2.05) is 27.7 Å². The summed E-state index contributed by atoms with van der Waals surface area (Å²) < 4.78 is 0.679. The Morgan fingerprint density at radius 3 is 2.21 bits per heavy atom. The van der Waals surface area contributed by atoms with Crippen LogP contribution in [0.25, 0.3) is 0 Å². The molecule has 0 aliphatic rings. The van der Waals surface area contributed by atoms with Crippen molar-refractivity contribution >= 4 is 0 Å². The van der Waals surface area contributed by atoms with Crippen molar-refractivity contribution in [2.45, 2.75) is 39.5 Å². The van der Waals surface area contributed by atoms with Crippen LogP contribution in [0.15, 0.2) is 11.0 Å². The summed E-state index contributed by atoms with van der Waals surface area (Å²) in [6.07, 6.45) is 1.45. The van der Waals surface area contributed by atoms with E-state index in [4.69, 9.17) is 0 Å². The van der Waals surface area contributed by atoms with Gasteiger partial charge in [0.2, 0.25) is 0 Å². The average molecular weight is 196 g/mol. The maximum absolute atomic E-state index is 11.5. The summed E-state index contributed by atoms with van der Waals surface area (Å²) in [5.74, 6) is 0.0987. The fourth-order valence-corrected chi connectivity index (χ4v) is 1.33. The number of aromatic nitrogens is 2. The maximum Gasteiger partial charge on any atom is 0.317 e. The molecule has 0 aromatic carbocycles.